The van der Waals surface area contributed by atoms with Gasteiger partial charge in [0.15, 0.2) is 11.5 Å². The average Bonchev–Trinajstić information content (AvgIpc) is 3.02. The first-order valence-electron chi connectivity index (χ1n) is 7.16. The van der Waals surface area contributed by atoms with E-state index in [-0.39, 0.29) is 31.2 Å². The molecular weight excluding hydrogens is 285 g/mol. The van der Waals surface area contributed by atoms with E-state index in [4.69, 9.17) is 15.2 Å². The molecule has 0 radical (unpaired) electrons. The van der Waals surface area contributed by atoms with E-state index in [1.165, 1.54) is 6.07 Å². The Kier molecular flexibility index (Phi) is 4.00. The van der Waals surface area contributed by atoms with E-state index >= 15 is 0 Å². The number of benzene rings is 2. The number of hydrogen-bond acceptors (Lipinski definition) is 4. The van der Waals surface area contributed by atoms with E-state index in [0.29, 0.717) is 22.6 Å². The molecule has 116 valence electrons. The van der Waals surface area contributed by atoms with Crippen LogP contribution in [0.15, 0.2) is 36.4 Å². The van der Waals surface area contributed by atoms with Gasteiger partial charge in [0.2, 0.25) is 6.79 Å². The first-order valence-corrected chi connectivity index (χ1v) is 7.16. The summed E-state index contributed by atoms with van der Waals surface area (Å²) in [4.78, 5) is 0. The Balaban J connectivity index is 1.96. The van der Waals surface area contributed by atoms with E-state index in [0.717, 1.165) is 5.56 Å². The minimum absolute atomic E-state index is 0.0227. The summed E-state index contributed by atoms with van der Waals surface area (Å²) in [7, 11) is 0. The molecule has 2 unspecified atom stereocenters. The number of halogens is 1. The predicted molar refractivity (Wildman–Crippen MR) is 81.1 cm³/mol. The van der Waals surface area contributed by atoms with Gasteiger partial charge in [0, 0.05) is 12.6 Å². The second-order valence-electron chi connectivity index (χ2n) is 5.46. The summed E-state index contributed by atoms with van der Waals surface area (Å²) in [5, 5.41) is 9.18. The summed E-state index contributed by atoms with van der Waals surface area (Å²) in [6, 6.07) is 9.98. The van der Waals surface area contributed by atoms with Gasteiger partial charge in [-0.25, -0.2) is 4.39 Å². The SMILES string of the molecule is CC(CO)C(N)c1ccc(-c2c(F)ccc3c2OCO3)cc1. The normalized spacial score (nSPS) is 15.6. The van der Waals surface area contributed by atoms with Crippen molar-refractivity contribution in [2.24, 2.45) is 11.7 Å². The lowest BCUT2D eigenvalue weighted by Crippen LogP contribution is -2.21. The van der Waals surface area contributed by atoms with Crippen LogP contribution in [-0.4, -0.2) is 18.5 Å². The first kappa shape index (κ1) is 14.8. The van der Waals surface area contributed by atoms with Crippen molar-refractivity contribution in [1.29, 1.82) is 0 Å². The zero-order valence-corrected chi connectivity index (χ0v) is 12.3. The van der Waals surface area contributed by atoms with E-state index < -0.39 is 0 Å². The third kappa shape index (κ3) is 2.53. The number of ether oxygens (including phenoxy) is 2. The molecule has 5 heteroatoms. The van der Waals surface area contributed by atoms with Gasteiger partial charge in [-0.05, 0) is 29.2 Å². The van der Waals surface area contributed by atoms with Gasteiger partial charge in [-0.1, -0.05) is 31.2 Å². The minimum Gasteiger partial charge on any atom is -0.454 e. The monoisotopic (exact) mass is 303 g/mol. The molecule has 0 amide bonds. The molecule has 4 nitrogen and oxygen atoms in total. The molecule has 1 aliphatic rings. The third-order valence-electron chi connectivity index (χ3n) is 3.97. The molecule has 22 heavy (non-hydrogen) atoms. The van der Waals surface area contributed by atoms with Gasteiger partial charge in [0.1, 0.15) is 5.82 Å². The number of aliphatic hydroxyl groups excluding tert-OH is 1. The fraction of sp³-hybridized carbons (Fsp3) is 0.294. The molecule has 2 aromatic rings. The van der Waals surface area contributed by atoms with Crippen molar-refractivity contribution in [3.63, 3.8) is 0 Å². The van der Waals surface area contributed by atoms with Gasteiger partial charge >= 0.3 is 0 Å². The van der Waals surface area contributed by atoms with E-state index in [2.05, 4.69) is 0 Å². The van der Waals surface area contributed by atoms with Crippen LogP contribution in [-0.2, 0) is 0 Å². The second-order valence-corrected chi connectivity index (χ2v) is 5.46. The Labute approximate surface area is 128 Å². The van der Waals surface area contributed by atoms with E-state index in [1.54, 1.807) is 18.2 Å². The third-order valence-corrected chi connectivity index (χ3v) is 3.97. The maximum Gasteiger partial charge on any atom is 0.231 e. The van der Waals surface area contributed by atoms with Crippen molar-refractivity contribution in [3.8, 4) is 22.6 Å². The molecule has 0 aliphatic carbocycles. The molecule has 2 atom stereocenters. The Morgan fingerprint density at radius 2 is 1.91 bits per heavy atom. The predicted octanol–water partition coefficient (Wildman–Crippen LogP) is 2.85. The van der Waals surface area contributed by atoms with Crippen LogP contribution in [0.25, 0.3) is 11.1 Å². The van der Waals surface area contributed by atoms with Gasteiger partial charge in [-0.15, -0.1) is 0 Å². The molecule has 0 bridgehead atoms. The van der Waals surface area contributed by atoms with Crippen molar-refractivity contribution in [2.45, 2.75) is 13.0 Å². The van der Waals surface area contributed by atoms with Gasteiger partial charge in [-0.3, -0.25) is 0 Å². The molecule has 3 N–H and O–H groups in total. The van der Waals surface area contributed by atoms with Crippen LogP contribution in [0.4, 0.5) is 4.39 Å². The standard InChI is InChI=1S/C17H18FNO3/c1-10(8-20)16(19)12-4-2-11(3-5-12)15-13(18)6-7-14-17(15)22-9-21-14/h2-7,10,16,20H,8-9,19H2,1H3. The Morgan fingerprint density at radius 1 is 1.18 bits per heavy atom. The van der Waals surface area contributed by atoms with Gasteiger partial charge in [0.05, 0.1) is 5.56 Å². The fourth-order valence-corrected chi connectivity index (χ4v) is 2.53. The Bertz CT molecular complexity index is 672. The lowest BCUT2D eigenvalue weighted by atomic mass is 9.94. The summed E-state index contributed by atoms with van der Waals surface area (Å²) in [5.41, 5.74) is 8.07. The lowest BCUT2D eigenvalue weighted by molar-refractivity contribution is 0.174. The summed E-state index contributed by atoms with van der Waals surface area (Å²) in [5.74, 6) is 0.581. The quantitative estimate of drug-likeness (QED) is 0.911. The van der Waals surface area contributed by atoms with Crippen LogP contribution in [0.3, 0.4) is 0 Å². The molecular formula is C17H18FNO3. The summed E-state index contributed by atoms with van der Waals surface area (Å²) >= 11 is 0. The maximum atomic E-state index is 14.2. The van der Waals surface area contributed by atoms with E-state index in [9.17, 15) is 9.50 Å². The number of hydrogen-bond donors (Lipinski definition) is 2. The first-order chi connectivity index (χ1) is 10.6. The van der Waals surface area contributed by atoms with Gasteiger partial charge in [0.25, 0.3) is 0 Å². The van der Waals surface area contributed by atoms with Crippen LogP contribution < -0.4 is 15.2 Å². The largest absolute Gasteiger partial charge is 0.454 e. The minimum atomic E-state index is -0.356. The van der Waals surface area contributed by atoms with Crippen molar-refractivity contribution < 1.29 is 19.0 Å². The Morgan fingerprint density at radius 3 is 2.59 bits per heavy atom. The highest BCUT2D eigenvalue weighted by Gasteiger charge is 2.22. The van der Waals surface area contributed by atoms with E-state index in [1.807, 2.05) is 19.1 Å². The van der Waals surface area contributed by atoms with Crippen molar-refractivity contribution in [3.05, 3.63) is 47.8 Å². The molecule has 0 fully saturated rings. The molecule has 3 rings (SSSR count). The number of aliphatic hydroxyl groups is 1. The second kappa shape index (κ2) is 5.94. The van der Waals surface area contributed by atoms with Crippen LogP contribution in [0.2, 0.25) is 0 Å². The smallest absolute Gasteiger partial charge is 0.231 e. The Hall–Kier alpha value is -2.11. The van der Waals surface area contributed by atoms with Crippen LogP contribution in [0.1, 0.15) is 18.5 Å². The number of rotatable bonds is 4. The molecule has 1 heterocycles. The zero-order chi connectivity index (χ0) is 15.7. The van der Waals surface area contributed by atoms with Crippen LogP contribution >= 0.6 is 0 Å². The van der Waals surface area contributed by atoms with Crippen molar-refractivity contribution in [1.82, 2.24) is 0 Å². The summed E-state index contributed by atoms with van der Waals surface area (Å²) in [6.45, 7) is 2.01. The highest BCUT2D eigenvalue weighted by Crippen LogP contribution is 2.43. The van der Waals surface area contributed by atoms with Crippen molar-refractivity contribution >= 4 is 0 Å². The van der Waals surface area contributed by atoms with Gasteiger partial charge in [-0.2, -0.15) is 0 Å². The van der Waals surface area contributed by atoms with Crippen LogP contribution in [0, 0.1) is 11.7 Å². The number of fused-ring (bicyclic) bond motifs is 1. The molecule has 0 spiro atoms. The topological polar surface area (TPSA) is 64.7 Å². The summed E-state index contributed by atoms with van der Waals surface area (Å²) < 4.78 is 24.8. The van der Waals surface area contributed by atoms with Crippen LogP contribution in [0.5, 0.6) is 11.5 Å². The molecule has 0 aromatic heterocycles. The highest BCUT2D eigenvalue weighted by atomic mass is 19.1. The molecule has 0 saturated heterocycles. The maximum absolute atomic E-state index is 14.2. The molecule has 2 aromatic carbocycles. The van der Waals surface area contributed by atoms with Gasteiger partial charge < -0.3 is 20.3 Å². The molecule has 1 aliphatic heterocycles. The van der Waals surface area contributed by atoms with Crippen molar-refractivity contribution in [2.75, 3.05) is 13.4 Å². The highest BCUT2D eigenvalue weighted by molar-refractivity contribution is 5.75. The average molecular weight is 303 g/mol. The zero-order valence-electron chi connectivity index (χ0n) is 12.3. The molecule has 0 saturated carbocycles. The lowest BCUT2D eigenvalue weighted by Gasteiger charge is -2.18. The summed E-state index contributed by atoms with van der Waals surface area (Å²) in [6.07, 6.45) is 0. The number of nitrogens with two attached hydrogens (primary N) is 1. The fourth-order valence-electron chi connectivity index (χ4n) is 2.53.